The van der Waals surface area contributed by atoms with Crippen LogP contribution in [0.2, 0.25) is 0 Å². The number of rotatable bonds is 7. The van der Waals surface area contributed by atoms with E-state index in [1.807, 2.05) is 30.3 Å². The molecule has 0 bridgehead atoms. The van der Waals surface area contributed by atoms with Crippen LogP contribution in [0.3, 0.4) is 0 Å². The first-order valence-electron chi connectivity index (χ1n) is 7.59. The molecule has 1 heterocycles. The molecule has 5 heteroatoms. The molecule has 0 saturated heterocycles. The van der Waals surface area contributed by atoms with Crippen molar-refractivity contribution in [3.63, 3.8) is 0 Å². The zero-order valence-corrected chi connectivity index (χ0v) is 13.4. The van der Waals surface area contributed by atoms with Gasteiger partial charge < -0.3 is 14.4 Å². The van der Waals surface area contributed by atoms with Crippen LogP contribution in [-0.2, 0) is 11.3 Å². The molecule has 0 fully saturated rings. The lowest BCUT2D eigenvalue weighted by molar-refractivity contribution is -0.137. The molecule has 0 atom stereocenters. The van der Waals surface area contributed by atoms with Gasteiger partial charge in [0.05, 0.1) is 5.56 Å². The minimum Gasteiger partial charge on any atom is -0.481 e. The summed E-state index contributed by atoms with van der Waals surface area (Å²) in [6.45, 7) is 4.40. The SMILES string of the molecule is Cc1cc(C(=O)N(CCCC(=O)O)Cc2ccccc2)c(C)o1. The fourth-order valence-electron chi connectivity index (χ4n) is 2.49. The maximum Gasteiger partial charge on any atom is 0.303 e. The fourth-order valence-corrected chi connectivity index (χ4v) is 2.49. The summed E-state index contributed by atoms with van der Waals surface area (Å²) in [6, 6.07) is 11.4. The summed E-state index contributed by atoms with van der Waals surface area (Å²) in [6.07, 6.45) is 0.464. The zero-order chi connectivity index (χ0) is 16.8. The second-order valence-electron chi connectivity index (χ2n) is 5.54. The number of carbonyl (C=O) groups is 2. The average molecular weight is 315 g/mol. The molecule has 0 saturated carbocycles. The predicted octanol–water partition coefficient (Wildman–Crippen LogP) is 3.40. The molecule has 1 N–H and O–H groups in total. The monoisotopic (exact) mass is 315 g/mol. The number of hydrogen-bond donors (Lipinski definition) is 1. The quantitative estimate of drug-likeness (QED) is 0.850. The van der Waals surface area contributed by atoms with E-state index >= 15 is 0 Å². The van der Waals surface area contributed by atoms with Crippen LogP contribution in [-0.4, -0.2) is 28.4 Å². The highest BCUT2D eigenvalue weighted by Gasteiger charge is 2.20. The molecule has 1 amide bonds. The fraction of sp³-hybridized carbons (Fsp3) is 0.333. The Morgan fingerprint density at radius 2 is 1.87 bits per heavy atom. The lowest BCUT2D eigenvalue weighted by Gasteiger charge is -2.22. The van der Waals surface area contributed by atoms with Crippen molar-refractivity contribution in [1.82, 2.24) is 4.90 Å². The number of carbonyl (C=O) groups excluding carboxylic acids is 1. The Kier molecular flexibility index (Phi) is 5.57. The summed E-state index contributed by atoms with van der Waals surface area (Å²) in [5.74, 6) is 0.292. The Morgan fingerprint density at radius 1 is 1.17 bits per heavy atom. The Hall–Kier alpha value is -2.56. The Labute approximate surface area is 135 Å². The molecule has 23 heavy (non-hydrogen) atoms. The van der Waals surface area contributed by atoms with E-state index in [4.69, 9.17) is 9.52 Å². The van der Waals surface area contributed by atoms with E-state index in [0.717, 1.165) is 5.56 Å². The van der Waals surface area contributed by atoms with Gasteiger partial charge in [-0.25, -0.2) is 0 Å². The van der Waals surface area contributed by atoms with Crippen LogP contribution in [0.4, 0.5) is 0 Å². The summed E-state index contributed by atoms with van der Waals surface area (Å²) in [5.41, 5.74) is 1.54. The molecule has 0 spiro atoms. The van der Waals surface area contributed by atoms with E-state index in [1.165, 1.54) is 0 Å². The predicted molar refractivity (Wildman–Crippen MR) is 86.2 cm³/mol. The van der Waals surface area contributed by atoms with Crippen LogP contribution in [0.1, 0.15) is 40.3 Å². The van der Waals surface area contributed by atoms with Gasteiger partial charge in [-0.1, -0.05) is 30.3 Å². The van der Waals surface area contributed by atoms with Crippen LogP contribution in [0.5, 0.6) is 0 Å². The van der Waals surface area contributed by atoms with Crippen LogP contribution in [0.25, 0.3) is 0 Å². The molecule has 0 aliphatic rings. The normalized spacial score (nSPS) is 10.5. The number of nitrogens with zero attached hydrogens (tertiary/aromatic N) is 1. The highest BCUT2D eigenvalue weighted by Crippen LogP contribution is 2.18. The summed E-state index contributed by atoms with van der Waals surface area (Å²) < 4.78 is 5.44. The number of carboxylic acid groups (broad SMARTS) is 1. The number of benzene rings is 1. The van der Waals surface area contributed by atoms with Gasteiger partial charge in [-0.15, -0.1) is 0 Å². The van der Waals surface area contributed by atoms with E-state index < -0.39 is 5.97 Å². The van der Waals surface area contributed by atoms with Crippen LogP contribution < -0.4 is 0 Å². The number of hydrogen-bond acceptors (Lipinski definition) is 3. The summed E-state index contributed by atoms with van der Waals surface area (Å²) in [4.78, 5) is 25.2. The van der Waals surface area contributed by atoms with Crippen molar-refractivity contribution in [1.29, 1.82) is 0 Å². The molecular weight excluding hydrogens is 294 g/mol. The third-order valence-electron chi connectivity index (χ3n) is 3.59. The van der Waals surface area contributed by atoms with Gasteiger partial charge in [0, 0.05) is 19.5 Å². The molecule has 5 nitrogen and oxygen atoms in total. The standard InChI is InChI=1S/C18H21NO4/c1-13-11-16(14(2)23-13)18(22)19(10-6-9-17(20)21)12-15-7-4-3-5-8-15/h3-5,7-8,11H,6,9-10,12H2,1-2H3,(H,20,21). The number of furan rings is 1. The summed E-state index contributed by atoms with van der Waals surface area (Å²) in [5, 5.41) is 8.80. The number of aryl methyl sites for hydroxylation is 2. The van der Waals surface area contributed by atoms with Crippen molar-refractivity contribution in [3.05, 3.63) is 59.0 Å². The summed E-state index contributed by atoms with van der Waals surface area (Å²) >= 11 is 0. The molecule has 2 rings (SSSR count). The topological polar surface area (TPSA) is 70.8 Å². The van der Waals surface area contributed by atoms with Crippen molar-refractivity contribution in [2.45, 2.75) is 33.2 Å². The zero-order valence-electron chi connectivity index (χ0n) is 13.4. The lowest BCUT2D eigenvalue weighted by Crippen LogP contribution is -2.32. The number of carboxylic acids is 1. The van der Waals surface area contributed by atoms with Crippen molar-refractivity contribution in [2.24, 2.45) is 0 Å². The highest BCUT2D eigenvalue weighted by atomic mass is 16.4. The molecular formula is C18H21NO4. The third kappa shape index (κ3) is 4.71. The largest absolute Gasteiger partial charge is 0.481 e. The molecule has 0 aliphatic heterocycles. The average Bonchev–Trinajstić information content (AvgIpc) is 2.85. The molecule has 2 aromatic rings. The van der Waals surface area contributed by atoms with E-state index in [2.05, 4.69) is 0 Å². The molecule has 1 aromatic heterocycles. The minimum atomic E-state index is -0.854. The summed E-state index contributed by atoms with van der Waals surface area (Å²) in [7, 11) is 0. The first-order chi connectivity index (χ1) is 11.0. The first-order valence-corrected chi connectivity index (χ1v) is 7.59. The second-order valence-corrected chi connectivity index (χ2v) is 5.54. The van der Waals surface area contributed by atoms with Crippen molar-refractivity contribution < 1.29 is 19.1 Å². The first kappa shape index (κ1) is 16.8. The van der Waals surface area contributed by atoms with Gasteiger partial charge in [0.15, 0.2) is 0 Å². The maximum absolute atomic E-state index is 12.8. The Balaban J connectivity index is 2.16. The van der Waals surface area contributed by atoms with Gasteiger partial charge in [-0.05, 0) is 31.9 Å². The van der Waals surface area contributed by atoms with E-state index in [0.29, 0.717) is 36.6 Å². The third-order valence-corrected chi connectivity index (χ3v) is 3.59. The molecule has 0 radical (unpaired) electrons. The molecule has 0 unspecified atom stereocenters. The van der Waals surface area contributed by atoms with Crippen molar-refractivity contribution in [3.8, 4) is 0 Å². The number of amides is 1. The van der Waals surface area contributed by atoms with Crippen LogP contribution in [0.15, 0.2) is 40.8 Å². The van der Waals surface area contributed by atoms with E-state index in [9.17, 15) is 9.59 Å². The minimum absolute atomic E-state index is 0.0436. The number of aliphatic carboxylic acids is 1. The van der Waals surface area contributed by atoms with Crippen molar-refractivity contribution in [2.75, 3.05) is 6.54 Å². The lowest BCUT2D eigenvalue weighted by atomic mass is 10.1. The van der Waals surface area contributed by atoms with Gasteiger partial charge in [0.25, 0.3) is 5.91 Å². The Bertz CT molecular complexity index is 676. The van der Waals surface area contributed by atoms with Crippen molar-refractivity contribution >= 4 is 11.9 Å². The van der Waals surface area contributed by atoms with Crippen LogP contribution >= 0.6 is 0 Å². The van der Waals surface area contributed by atoms with Gasteiger partial charge in [-0.3, -0.25) is 9.59 Å². The second kappa shape index (κ2) is 7.63. The van der Waals surface area contributed by atoms with Gasteiger partial charge in [0.1, 0.15) is 11.5 Å². The molecule has 122 valence electrons. The van der Waals surface area contributed by atoms with E-state index in [1.54, 1.807) is 24.8 Å². The van der Waals surface area contributed by atoms with Gasteiger partial charge >= 0.3 is 5.97 Å². The van der Waals surface area contributed by atoms with Gasteiger partial charge in [-0.2, -0.15) is 0 Å². The smallest absolute Gasteiger partial charge is 0.303 e. The van der Waals surface area contributed by atoms with E-state index in [-0.39, 0.29) is 12.3 Å². The molecule has 1 aromatic carbocycles. The Morgan fingerprint density at radius 3 is 2.43 bits per heavy atom. The maximum atomic E-state index is 12.8. The van der Waals surface area contributed by atoms with Crippen LogP contribution in [0, 0.1) is 13.8 Å². The molecule has 0 aliphatic carbocycles. The van der Waals surface area contributed by atoms with Gasteiger partial charge in [0.2, 0.25) is 0 Å². The highest BCUT2D eigenvalue weighted by molar-refractivity contribution is 5.95.